The van der Waals surface area contributed by atoms with E-state index < -0.39 is 0 Å². The molecule has 1 N–H and O–H groups in total. The summed E-state index contributed by atoms with van der Waals surface area (Å²) >= 11 is 0. The van der Waals surface area contributed by atoms with Gasteiger partial charge in [-0.15, -0.1) is 0 Å². The lowest BCUT2D eigenvalue weighted by molar-refractivity contribution is -0.117. The third-order valence-electron chi connectivity index (χ3n) is 6.17. The quantitative estimate of drug-likeness (QED) is 0.700. The zero-order chi connectivity index (χ0) is 21.6. The van der Waals surface area contributed by atoms with Crippen molar-refractivity contribution in [2.24, 2.45) is 0 Å². The summed E-state index contributed by atoms with van der Waals surface area (Å²) in [6.45, 7) is 8.70. The number of nitrogens with zero attached hydrogens (tertiary/aromatic N) is 3. The second-order valence-electron chi connectivity index (χ2n) is 8.48. The Morgan fingerprint density at radius 3 is 2.48 bits per heavy atom. The lowest BCUT2D eigenvalue weighted by Crippen LogP contribution is -2.47. The average Bonchev–Trinajstić information content (AvgIpc) is 3.23. The number of piperazine rings is 1. The van der Waals surface area contributed by atoms with Gasteiger partial charge in [0.25, 0.3) is 5.91 Å². The number of anilines is 2. The highest BCUT2D eigenvalue weighted by Gasteiger charge is 2.22. The first kappa shape index (κ1) is 21.4. The van der Waals surface area contributed by atoms with E-state index in [0.29, 0.717) is 18.5 Å². The topological polar surface area (TPSA) is 55.9 Å². The van der Waals surface area contributed by atoms with Crippen molar-refractivity contribution >= 4 is 23.2 Å². The minimum atomic E-state index is -0.0715. The van der Waals surface area contributed by atoms with E-state index in [1.807, 2.05) is 24.3 Å². The van der Waals surface area contributed by atoms with Gasteiger partial charge in [-0.1, -0.05) is 18.2 Å². The fourth-order valence-corrected chi connectivity index (χ4v) is 4.40. The van der Waals surface area contributed by atoms with Crippen LogP contribution in [-0.2, 0) is 4.79 Å². The number of hydrogen-bond donors (Lipinski definition) is 1. The zero-order valence-corrected chi connectivity index (χ0v) is 18.3. The number of rotatable bonds is 7. The van der Waals surface area contributed by atoms with Gasteiger partial charge in [0.2, 0.25) is 5.91 Å². The zero-order valence-electron chi connectivity index (χ0n) is 18.3. The molecule has 2 saturated heterocycles. The van der Waals surface area contributed by atoms with Crippen LogP contribution in [-0.4, -0.2) is 62.5 Å². The minimum absolute atomic E-state index is 0.0715. The van der Waals surface area contributed by atoms with Gasteiger partial charge >= 0.3 is 0 Å². The smallest absolute Gasteiger partial charge is 0.251 e. The summed E-state index contributed by atoms with van der Waals surface area (Å²) in [7, 11) is 0. The van der Waals surface area contributed by atoms with Crippen molar-refractivity contribution in [1.82, 2.24) is 10.2 Å². The van der Waals surface area contributed by atoms with E-state index in [9.17, 15) is 9.59 Å². The molecular weight excluding hydrogens is 388 g/mol. The Balaban J connectivity index is 1.18. The van der Waals surface area contributed by atoms with Gasteiger partial charge in [0.15, 0.2) is 0 Å². The maximum atomic E-state index is 12.5. The van der Waals surface area contributed by atoms with Crippen LogP contribution in [0.25, 0.3) is 0 Å². The molecular formula is C25H32N4O2. The lowest BCUT2D eigenvalue weighted by Gasteiger charge is -2.36. The molecule has 2 aliphatic rings. The molecule has 6 nitrogen and oxygen atoms in total. The van der Waals surface area contributed by atoms with Crippen LogP contribution in [0, 0.1) is 6.92 Å². The first-order valence-corrected chi connectivity index (χ1v) is 11.3. The number of carbonyl (C=O) groups excluding carboxylic acids is 2. The Hall–Kier alpha value is -2.86. The summed E-state index contributed by atoms with van der Waals surface area (Å²) in [6.07, 6.45) is 2.41. The number of aryl methyl sites for hydroxylation is 1. The van der Waals surface area contributed by atoms with Crippen molar-refractivity contribution in [2.45, 2.75) is 26.2 Å². The highest BCUT2D eigenvalue weighted by molar-refractivity contribution is 5.99. The third-order valence-corrected chi connectivity index (χ3v) is 6.17. The van der Waals surface area contributed by atoms with Crippen LogP contribution in [0.4, 0.5) is 11.4 Å². The molecule has 0 spiro atoms. The molecule has 2 amide bonds. The van der Waals surface area contributed by atoms with Crippen LogP contribution in [0.5, 0.6) is 0 Å². The monoisotopic (exact) mass is 420 g/mol. The lowest BCUT2D eigenvalue weighted by atomic mass is 10.1. The summed E-state index contributed by atoms with van der Waals surface area (Å²) < 4.78 is 0. The van der Waals surface area contributed by atoms with Crippen LogP contribution >= 0.6 is 0 Å². The number of benzene rings is 2. The predicted molar refractivity (Wildman–Crippen MR) is 125 cm³/mol. The molecule has 164 valence electrons. The number of hydrogen-bond acceptors (Lipinski definition) is 4. The van der Waals surface area contributed by atoms with Crippen molar-refractivity contribution in [2.75, 3.05) is 55.6 Å². The second-order valence-corrected chi connectivity index (χ2v) is 8.48. The summed E-state index contributed by atoms with van der Waals surface area (Å²) in [6, 6.07) is 16.1. The van der Waals surface area contributed by atoms with E-state index in [-0.39, 0.29) is 11.8 Å². The molecule has 2 fully saturated rings. The van der Waals surface area contributed by atoms with Crippen molar-refractivity contribution in [3.05, 3.63) is 59.7 Å². The van der Waals surface area contributed by atoms with E-state index in [1.165, 1.54) is 11.3 Å². The Labute approximate surface area is 184 Å². The fourth-order valence-electron chi connectivity index (χ4n) is 4.40. The Bertz CT molecular complexity index is 921. The molecule has 0 aliphatic carbocycles. The Kier molecular flexibility index (Phi) is 6.87. The van der Waals surface area contributed by atoms with Crippen LogP contribution in [0.1, 0.15) is 35.2 Å². The maximum absolute atomic E-state index is 12.5. The highest BCUT2D eigenvalue weighted by Crippen LogP contribution is 2.22. The first-order chi connectivity index (χ1) is 15.1. The minimum Gasteiger partial charge on any atom is -0.369 e. The summed E-state index contributed by atoms with van der Waals surface area (Å²) in [5, 5.41) is 3.03. The van der Waals surface area contributed by atoms with Crippen molar-refractivity contribution in [3.8, 4) is 0 Å². The molecule has 31 heavy (non-hydrogen) atoms. The molecule has 0 saturated carbocycles. The first-order valence-electron chi connectivity index (χ1n) is 11.3. The molecule has 6 heteroatoms. The van der Waals surface area contributed by atoms with E-state index in [2.05, 4.69) is 46.3 Å². The van der Waals surface area contributed by atoms with Gasteiger partial charge in [0.05, 0.1) is 0 Å². The van der Waals surface area contributed by atoms with E-state index in [0.717, 1.165) is 57.8 Å². The molecule has 2 aromatic rings. The standard InChI is InChI=1S/C25H32N4O2/c1-20-6-2-8-22(18-20)28-16-14-27(15-17-28)12-5-11-26-25(31)21-7-3-9-23(19-21)29-13-4-10-24(29)30/h2-3,6-9,18-19H,4-5,10-17H2,1H3,(H,26,31). The molecule has 0 radical (unpaired) electrons. The fraction of sp³-hybridized carbons (Fsp3) is 0.440. The molecule has 2 aliphatic heterocycles. The van der Waals surface area contributed by atoms with Gasteiger partial charge in [-0.3, -0.25) is 14.5 Å². The summed E-state index contributed by atoms with van der Waals surface area (Å²) in [5.74, 6) is 0.0674. The third kappa shape index (κ3) is 5.44. The highest BCUT2D eigenvalue weighted by atomic mass is 16.2. The van der Waals surface area contributed by atoms with Crippen molar-refractivity contribution in [3.63, 3.8) is 0 Å². The maximum Gasteiger partial charge on any atom is 0.251 e. The average molecular weight is 421 g/mol. The van der Waals surface area contributed by atoms with E-state index >= 15 is 0 Å². The molecule has 2 heterocycles. The van der Waals surface area contributed by atoms with Crippen LogP contribution < -0.4 is 15.1 Å². The molecule has 4 rings (SSSR count). The molecule has 0 unspecified atom stereocenters. The molecule has 2 aromatic carbocycles. The van der Waals surface area contributed by atoms with Gasteiger partial charge < -0.3 is 15.1 Å². The number of nitrogens with one attached hydrogen (secondary N) is 1. The Morgan fingerprint density at radius 2 is 1.74 bits per heavy atom. The van der Waals surface area contributed by atoms with Gasteiger partial charge in [-0.25, -0.2) is 0 Å². The van der Waals surface area contributed by atoms with Crippen molar-refractivity contribution < 1.29 is 9.59 Å². The molecule has 0 bridgehead atoms. The normalized spacial score (nSPS) is 17.3. The van der Waals surface area contributed by atoms with Crippen LogP contribution in [0.15, 0.2) is 48.5 Å². The van der Waals surface area contributed by atoms with Gasteiger partial charge in [0, 0.05) is 62.6 Å². The largest absolute Gasteiger partial charge is 0.369 e. The SMILES string of the molecule is Cc1cccc(N2CCN(CCCNC(=O)c3cccc(N4CCCC4=O)c3)CC2)c1. The van der Waals surface area contributed by atoms with Crippen LogP contribution in [0.2, 0.25) is 0 Å². The van der Waals surface area contributed by atoms with Crippen LogP contribution in [0.3, 0.4) is 0 Å². The predicted octanol–water partition coefficient (Wildman–Crippen LogP) is 3.06. The molecule has 0 atom stereocenters. The summed E-state index contributed by atoms with van der Waals surface area (Å²) in [4.78, 5) is 31.2. The molecule has 0 aromatic heterocycles. The van der Waals surface area contributed by atoms with Gasteiger partial charge in [0.1, 0.15) is 0 Å². The number of carbonyl (C=O) groups is 2. The second kappa shape index (κ2) is 9.96. The van der Waals surface area contributed by atoms with E-state index in [4.69, 9.17) is 0 Å². The summed E-state index contributed by atoms with van der Waals surface area (Å²) in [5.41, 5.74) is 4.05. The van der Waals surface area contributed by atoms with Gasteiger partial charge in [-0.05, 0) is 62.2 Å². The Morgan fingerprint density at radius 1 is 0.968 bits per heavy atom. The number of amides is 2. The van der Waals surface area contributed by atoms with Crippen molar-refractivity contribution in [1.29, 1.82) is 0 Å². The van der Waals surface area contributed by atoms with E-state index in [1.54, 1.807) is 4.90 Å². The van der Waals surface area contributed by atoms with Gasteiger partial charge in [-0.2, -0.15) is 0 Å².